The summed E-state index contributed by atoms with van der Waals surface area (Å²) in [6, 6.07) is 6.65. The SMILES string of the molecule is O=C(Nc1ccc2c(c1)CNC2)C1CC2CCC1NC2. The standard InChI is InChI=1S/C16H21N3O/c20-16(14-5-10-1-4-15(14)18-7-10)19-13-3-2-11-8-17-9-12(11)6-13/h2-3,6,10,14-15,17-18H,1,4-5,7-9H2,(H,19,20). The van der Waals surface area contributed by atoms with Crippen LogP contribution in [0.1, 0.15) is 30.4 Å². The summed E-state index contributed by atoms with van der Waals surface area (Å²) < 4.78 is 0. The van der Waals surface area contributed by atoms with E-state index in [-0.39, 0.29) is 11.8 Å². The molecule has 5 rings (SSSR count). The Balaban J connectivity index is 1.47. The number of hydrogen-bond donors (Lipinski definition) is 3. The van der Waals surface area contributed by atoms with E-state index in [0.717, 1.165) is 38.2 Å². The van der Waals surface area contributed by atoms with Crippen LogP contribution >= 0.6 is 0 Å². The molecule has 1 aromatic rings. The van der Waals surface area contributed by atoms with Gasteiger partial charge in [-0.2, -0.15) is 0 Å². The van der Waals surface area contributed by atoms with E-state index in [9.17, 15) is 4.79 Å². The smallest absolute Gasteiger partial charge is 0.229 e. The van der Waals surface area contributed by atoms with E-state index in [4.69, 9.17) is 0 Å². The first-order chi connectivity index (χ1) is 9.79. The first-order valence-corrected chi connectivity index (χ1v) is 7.66. The van der Waals surface area contributed by atoms with Gasteiger partial charge in [-0.1, -0.05) is 6.07 Å². The van der Waals surface area contributed by atoms with Gasteiger partial charge in [0.1, 0.15) is 0 Å². The van der Waals surface area contributed by atoms with Crippen LogP contribution in [0.5, 0.6) is 0 Å². The number of benzene rings is 1. The second kappa shape index (κ2) is 4.86. The third kappa shape index (κ3) is 2.13. The average Bonchev–Trinajstić information content (AvgIpc) is 2.96. The highest BCUT2D eigenvalue weighted by Crippen LogP contribution is 2.34. The van der Waals surface area contributed by atoms with Gasteiger partial charge in [0, 0.05) is 24.8 Å². The van der Waals surface area contributed by atoms with Crippen molar-refractivity contribution >= 4 is 11.6 Å². The largest absolute Gasteiger partial charge is 0.326 e. The molecule has 4 heteroatoms. The Bertz CT molecular complexity index is 535. The summed E-state index contributed by atoms with van der Waals surface area (Å²) >= 11 is 0. The summed E-state index contributed by atoms with van der Waals surface area (Å²) in [5.74, 6) is 1.03. The quantitative estimate of drug-likeness (QED) is 0.766. The van der Waals surface area contributed by atoms with Crippen molar-refractivity contribution in [2.75, 3.05) is 11.9 Å². The first kappa shape index (κ1) is 12.4. The van der Waals surface area contributed by atoms with Crippen LogP contribution in [-0.2, 0) is 17.9 Å². The minimum Gasteiger partial charge on any atom is -0.326 e. The van der Waals surface area contributed by atoms with E-state index in [1.165, 1.54) is 17.5 Å². The Kier molecular flexibility index (Phi) is 3.00. The monoisotopic (exact) mass is 271 g/mol. The summed E-state index contributed by atoms with van der Waals surface area (Å²) in [5.41, 5.74) is 3.60. The molecule has 2 saturated heterocycles. The zero-order valence-electron chi connectivity index (χ0n) is 11.6. The second-order valence-corrected chi connectivity index (χ2v) is 6.38. The van der Waals surface area contributed by atoms with Crippen LogP contribution in [-0.4, -0.2) is 18.5 Å². The van der Waals surface area contributed by atoms with Gasteiger partial charge in [-0.3, -0.25) is 4.79 Å². The molecule has 1 aromatic carbocycles. The lowest BCUT2D eigenvalue weighted by molar-refractivity contribution is -0.123. The number of rotatable bonds is 2. The van der Waals surface area contributed by atoms with Gasteiger partial charge in [-0.05, 0) is 55.0 Å². The molecule has 3 atom stereocenters. The number of piperidine rings is 2. The summed E-state index contributed by atoms with van der Waals surface area (Å²) in [6.07, 6.45) is 3.48. The maximum Gasteiger partial charge on any atom is 0.229 e. The van der Waals surface area contributed by atoms with Crippen LogP contribution in [0.25, 0.3) is 0 Å². The van der Waals surface area contributed by atoms with Gasteiger partial charge in [0.25, 0.3) is 0 Å². The lowest BCUT2D eigenvalue weighted by Gasteiger charge is -2.42. The molecule has 2 bridgehead atoms. The Hall–Kier alpha value is -1.39. The molecule has 4 nitrogen and oxygen atoms in total. The van der Waals surface area contributed by atoms with Gasteiger partial charge in [-0.15, -0.1) is 0 Å². The number of carbonyl (C=O) groups excluding carboxylic acids is 1. The van der Waals surface area contributed by atoms with Crippen molar-refractivity contribution in [2.45, 2.75) is 38.4 Å². The zero-order chi connectivity index (χ0) is 13.5. The maximum absolute atomic E-state index is 12.5. The van der Waals surface area contributed by atoms with Crippen LogP contribution in [0.15, 0.2) is 18.2 Å². The molecule has 3 heterocycles. The van der Waals surface area contributed by atoms with Gasteiger partial charge < -0.3 is 16.0 Å². The lowest BCUT2D eigenvalue weighted by Crippen LogP contribution is -2.53. The summed E-state index contributed by atoms with van der Waals surface area (Å²) in [4.78, 5) is 12.5. The van der Waals surface area contributed by atoms with Crippen LogP contribution in [0, 0.1) is 11.8 Å². The molecule has 106 valence electrons. The number of fused-ring (bicyclic) bond motifs is 4. The third-order valence-corrected chi connectivity index (χ3v) is 5.07. The van der Waals surface area contributed by atoms with E-state index in [1.807, 2.05) is 6.07 Å². The molecule has 3 aliphatic heterocycles. The summed E-state index contributed by atoms with van der Waals surface area (Å²) in [7, 11) is 0. The van der Waals surface area contributed by atoms with Crippen LogP contribution in [0.3, 0.4) is 0 Å². The molecule has 1 saturated carbocycles. The minimum atomic E-state index is 0.147. The van der Waals surface area contributed by atoms with E-state index in [2.05, 4.69) is 28.1 Å². The molecule has 1 aliphatic carbocycles. The van der Waals surface area contributed by atoms with Crippen molar-refractivity contribution in [1.82, 2.24) is 10.6 Å². The molecule has 3 unspecified atom stereocenters. The number of hydrogen-bond acceptors (Lipinski definition) is 3. The van der Waals surface area contributed by atoms with E-state index >= 15 is 0 Å². The molecule has 4 aliphatic rings. The highest BCUT2D eigenvalue weighted by molar-refractivity contribution is 5.93. The second-order valence-electron chi connectivity index (χ2n) is 6.38. The third-order valence-electron chi connectivity index (χ3n) is 5.07. The van der Waals surface area contributed by atoms with Gasteiger partial charge >= 0.3 is 0 Å². The highest BCUT2D eigenvalue weighted by Gasteiger charge is 2.39. The van der Waals surface area contributed by atoms with Crippen molar-refractivity contribution in [3.8, 4) is 0 Å². The van der Waals surface area contributed by atoms with E-state index < -0.39 is 0 Å². The van der Waals surface area contributed by atoms with Crippen LogP contribution in [0.2, 0.25) is 0 Å². The Morgan fingerprint density at radius 2 is 2.10 bits per heavy atom. The van der Waals surface area contributed by atoms with Gasteiger partial charge in [-0.25, -0.2) is 0 Å². The average molecular weight is 271 g/mol. The number of carbonyl (C=O) groups is 1. The predicted molar refractivity (Wildman–Crippen MR) is 78.2 cm³/mol. The molecular formula is C16H21N3O. The molecule has 3 fully saturated rings. The van der Waals surface area contributed by atoms with Crippen molar-refractivity contribution in [1.29, 1.82) is 0 Å². The van der Waals surface area contributed by atoms with Crippen molar-refractivity contribution < 1.29 is 4.79 Å². The lowest BCUT2D eigenvalue weighted by atomic mass is 9.73. The van der Waals surface area contributed by atoms with Crippen LogP contribution in [0.4, 0.5) is 5.69 Å². The molecular weight excluding hydrogens is 250 g/mol. The Labute approximate surface area is 119 Å². The molecule has 0 spiro atoms. The topological polar surface area (TPSA) is 53.2 Å². The van der Waals surface area contributed by atoms with E-state index in [0.29, 0.717) is 12.0 Å². The molecule has 0 aromatic heterocycles. The summed E-state index contributed by atoms with van der Waals surface area (Å²) in [6.45, 7) is 2.95. The first-order valence-electron chi connectivity index (χ1n) is 7.66. The minimum absolute atomic E-state index is 0.147. The van der Waals surface area contributed by atoms with Gasteiger partial charge in [0.15, 0.2) is 0 Å². The van der Waals surface area contributed by atoms with Crippen LogP contribution < -0.4 is 16.0 Å². The molecule has 20 heavy (non-hydrogen) atoms. The summed E-state index contributed by atoms with van der Waals surface area (Å²) in [5, 5.41) is 9.96. The fourth-order valence-electron chi connectivity index (χ4n) is 3.90. The van der Waals surface area contributed by atoms with E-state index in [1.54, 1.807) is 0 Å². The van der Waals surface area contributed by atoms with Gasteiger partial charge in [0.2, 0.25) is 5.91 Å². The number of amides is 1. The zero-order valence-corrected chi connectivity index (χ0v) is 11.6. The fourth-order valence-corrected chi connectivity index (χ4v) is 3.90. The normalized spacial score (nSPS) is 31.1. The number of anilines is 1. The maximum atomic E-state index is 12.5. The Morgan fingerprint density at radius 1 is 1.20 bits per heavy atom. The van der Waals surface area contributed by atoms with Crippen molar-refractivity contribution in [3.05, 3.63) is 29.3 Å². The Morgan fingerprint density at radius 3 is 2.85 bits per heavy atom. The number of nitrogens with one attached hydrogen (secondary N) is 3. The molecule has 0 radical (unpaired) electrons. The van der Waals surface area contributed by atoms with Crippen molar-refractivity contribution in [3.63, 3.8) is 0 Å². The highest BCUT2D eigenvalue weighted by atomic mass is 16.1. The van der Waals surface area contributed by atoms with Crippen molar-refractivity contribution in [2.24, 2.45) is 11.8 Å². The molecule has 3 N–H and O–H groups in total. The van der Waals surface area contributed by atoms with Gasteiger partial charge in [0.05, 0.1) is 5.92 Å². The predicted octanol–water partition coefficient (Wildman–Crippen LogP) is 1.62. The fraction of sp³-hybridized carbons (Fsp3) is 0.562. The molecule has 1 amide bonds.